The molecule has 1 saturated heterocycles. The summed E-state index contributed by atoms with van der Waals surface area (Å²) in [5, 5.41) is 10.1. The molecule has 8 nitrogen and oxygen atoms in total. The topological polar surface area (TPSA) is 97.7 Å². The summed E-state index contributed by atoms with van der Waals surface area (Å²) < 4.78 is 12.3. The molecule has 3 heterocycles. The molecular weight excluding hydrogens is 593 g/mol. The van der Waals surface area contributed by atoms with Gasteiger partial charge in [-0.1, -0.05) is 75.4 Å². The second kappa shape index (κ2) is 14.1. The van der Waals surface area contributed by atoms with Gasteiger partial charge in [0.2, 0.25) is 0 Å². The molecule has 1 N–H and O–H groups in total. The summed E-state index contributed by atoms with van der Waals surface area (Å²) in [4.78, 5) is 28.2. The Bertz CT molecular complexity index is 1610. The van der Waals surface area contributed by atoms with Crippen LogP contribution in [-0.4, -0.2) is 47.4 Å². The molecular formula is C37H46N4O4Si. The number of benzene rings is 2. The lowest BCUT2D eigenvalue weighted by Gasteiger charge is -2.36. The zero-order valence-electron chi connectivity index (χ0n) is 27.9. The van der Waals surface area contributed by atoms with Gasteiger partial charge in [0.05, 0.1) is 12.3 Å². The number of piperidine rings is 1. The van der Waals surface area contributed by atoms with E-state index in [4.69, 9.17) is 14.1 Å². The molecule has 9 heteroatoms. The van der Waals surface area contributed by atoms with Crippen LogP contribution >= 0.6 is 0 Å². The molecule has 1 fully saturated rings. The zero-order valence-corrected chi connectivity index (χ0v) is 28.9. The Hall–Kier alpha value is -4.08. The maximum absolute atomic E-state index is 12.1. The van der Waals surface area contributed by atoms with Gasteiger partial charge in [-0.3, -0.25) is 0 Å². The Kier molecular flexibility index (Phi) is 10.2. The van der Waals surface area contributed by atoms with Crippen LogP contribution in [0, 0.1) is 12.8 Å². The number of aromatic nitrogens is 3. The third kappa shape index (κ3) is 8.19. The van der Waals surface area contributed by atoms with Crippen molar-refractivity contribution in [2.75, 3.05) is 18.0 Å². The minimum atomic E-state index is -1.78. The van der Waals surface area contributed by atoms with Crippen LogP contribution < -0.4 is 9.64 Å². The SMILES string of the molecule is Cc1nc(CC2CCN(c3ccc(-c4ccc(CO[Si](C)(C)C(C)(C)C)cc4)cn3)CC2)nc(C(=O)O)c1OCc1ccccc1. The Balaban J connectivity index is 1.15. The summed E-state index contributed by atoms with van der Waals surface area (Å²) in [6, 6.07) is 22.5. The second-order valence-electron chi connectivity index (χ2n) is 13.8. The predicted octanol–water partition coefficient (Wildman–Crippen LogP) is 8.11. The van der Waals surface area contributed by atoms with E-state index in [1.54, 1.807) is 6.92 Å². The van der Waals surface area contributed by atoms with Crippen molar-refractivity contribution in [3.05, 3.63) is 101 Å². The van der Waals surface area contributed by atoms with Crippen LogP contribution in [0.25, 0.3) is 11.1 Å². The third-order valence-electron chi connectivity index (χ3n) is 9.36. The van der Waals surface area contributed by atoms with Crippen molar-refractivity contribution in [3.8, 4) is 16.9 Å². The average Bonchev–Trinajstić information content (AvgIpc) is 3.04. The van der Waals surface area contributed by atoms with Gasteiger partial charge in [-0.2, -0.15) is 0 Å². The highest BCUT2D eigenvalue weighted by atomic mass is 28.4. The molecule has 2 aromatic carbocycles. The monoisotopic (exact) mass is 638 g/mol. The van der Waals surface area contributed by atoms with E-state index >= 15 is 0 Å². The van der Waals surface area contributed by atoms with E-state index in [1.807, 2.05) is 36.5 Å². The van der Waals surface area contributed by atoms with Gasteiger partial charge in [-0.05, 0) is 72.6 Å². The van der Waals surface area contributed by atoms with Crippen molar-refractivity contribution in [1.29, 1.82) is 0 Å². The highest BCUT2D eigenvalue weighted by molar-refractivity contribution is 6.74. The number of hydrogen-bond acceptors (Lipinski definition) is 7. The fraction of sp³-hybridized carbons (Fsp3) is 0.405. The Morgan fingerprint density at radius 1 is 0.913 bits per heavy atom. The van der Waals surface area contributed by atoms with Gasteiger partial charge in [0.25, 0.3) is 0 Å². The molecule has 1 aliphatic rings. The lowest BCUT2D eigenvalue weighted by Crippen LogP contribution is -2.40. The van der Waals surface area contributed by atoms with Crippen LogP contribution in [0.1, 0.15) is 66.7 Å². The van der Waals surface area contributed by atoms with Crippen molar-refractivity contribution in [2.45, 2.75) is 78.3 Å². The minimum Gasteiger partial charge on any atom is -0.484 e. The average molecular weight is 639 g/mol. The van der Waals surface area contributed by atoms with E-state index in [9.17, 15) is 9.90 Å². The summed E-state index contributed by atoms with van der Waals surface area (Å²) in [6.07, 6.45) is 4.50. The quantitative estimate of drug-likeness (QED) is 0.165. The van der Waals surface area contributed by atoms with Gasteiger partial charge in [-0.15, -0.1) is 0 Å². The fourth-order valence-corrected chi connectivity index (χ4v) is 6.36. The number of pyridine rings is 1. The number of nitrogens with zero attached hydrogens (tertiary/aromatic N) is 4. The number of hydrogen-bond donors (Lipinski definition) is 1. The first-order valence-electron chi connectivity index (χ1n) is 16.1. The smallest absolute Gasteiger partial charge is 0.358 e. The molecule has 5 rings (SSSR count). The Morgan fingerprint density at radius 3 is 2.17 bits per heavy atom. The van der Waals surface area contributed by atoms with Gasteiger partial charge >= 0.3 is 5.97 Å². The largest absolute Gasteiger partial charge is 0.484 e. The molecule has 46 heavy (non-hydrogen) atoms. The molecule has 0 atom stereocenters. The Labute approximate surface area is 274 Å². The van der Waals surface area contributed by atoms with Gasteiger partial charge in [0, 0.05) is 31.3 Å². The number of aryl methyl sites for hydroxylation is 1. The van der Waals surface area contributed by atoms with Crippen LogP contribution in [-0.2, 0) is 24.1 Å². The first-order valence-corrected chi connectivity index (χ1v) is 19.0. The van der Waals surface area contributed by atoms with E-state index in [1.165, 1.54) is 5.56 Å². The number of carboxylic acids is 1. The van der Waals surface area contributed by atoms with Crippen LogP contribution in [0.3, 0.4) is 0 Å². The zero-order chi connectivity index (χ0) is 32.9. The predicted molar refractivity (Wildman–Crippen MR) is 185 cm³/mol. The molecule has 4 aromatic rings. The van der Waals surface area contributed by atoms with E-state index in [-0.39, 0.29) is 23.1 Å². The first kappa shape index (κ1) is 33.3. The number of carbonyl (C=O) groups is 1. The molecule has 1 aliphatic heterocycles. The minimum absolute atomic E-state index is 0.0747. The number of anilines is 1. The van der Waals surface area contributed by atoms with Gasteiger partial charge < -0.3 is 19.2 Å². The molecule has 0 spiro atoms. The van der Waals surface area contributed by atoms with E-state index in [2.05, 4.69) is 85.1 Å². The third-order valence-corrected chi connectivity index (χ3v) is 13.8. The van der Waals surface area contributed by atoms with Crippen LogP contribution in [0.4, 0.5) is 5.82 Å². The fourth-order valence-electron chi connectivity index (χ4n) is 5.40. The van der Waals surface area contributed by atoms with E-state index < -0.39 is 14.3 Å². The lowest BCUT2D eigenvalue weighted by atomic mass is 9.93. The number of carboxylic acid groups (broad SMARTS) is 1. The van der Waals surface area contributed by atoms with Crippen LogP contribution in [0.2, 0.25) is 18.1 Å². The van der Waals surface area contributed by atoms with E-state index in [0.29, 0.717) is 30.5 Å². The van der Waals surface area contributed by atoms with Crippen molar-refractivity contribution >= 4 is 20.1 Å². The molecule has 0 unspecified atom stereocenters. The summed E-state index contributed by atoms with van der Waals surface area (Å²) in [6.45, 7) is 15.8. The van der Waals surface area contributed by atoms with Crippen molar-refractivity contribution in [2.24, 2.45) is 5.92 Å². The molecule has 0 aliphatic carbocycles. The van der Waals surface area contributed by atoms with E-state index in [0.717, 1.165) is 48.4 Å². The molecule has 2 aromatic heterocycles. The molecule has 0 radical (unpaired) electrons. The normalized spacial score (nSPS) is 14.3. The molecule has 242 valence electrons. The maximum Gasteiger partial charge on any atom is 0.358 e. The molecule has 0 saturated carbocycles. The summed E-state index contributed by atoms with van der Waals surface area (Å²) in [7, 11) is -1.78. The number of aromatic carboxylic acids is 1. The highest BCUT2D eigenvalue weighted by Crippen LogP contribution is 2.37. The van der Waals surface area contributed by atoms with Gasteiger partial charge in [-0.25, -0.2) is 19.7 Å². The maximum atomic E-state index is 12.1. The summed E-state index contributed by atoms with van der Waals surface area (Å²) in [5.74, 6) is 1.02. The van der Waals surface area contributed by atoms with Crippen molar-refractivity contribution < 1.29 is 19.1 Å². The highest BCUT2D eigenvalue weighted by Gasteiger charge is 2.37. The lowest BCUT2D eigenvalue weighted by molar-refractivity contribution is 0.0683. The van der Waals surface area contributed by atoms with Crippen molar-refractivity contribution in [3.63, 3.8) is 0 Å². The van der Waals surface area contributed by atoms with Gasteiger partial charge in [0.15, 0.2) is 19.8 Å². The first-order chi connectivity index (χ1) is 21.9. The van der Waals surface area contributed by atoms with Crippen molar-refractivity contribution in [1.82, 2.24) is 15.0 Å². The molecule has 0 bridgehead atoms. The van der Waals surface area contributed by atoms with Crippen LogP contribution in [0.5, 0.6) is 5.75 Å². The Morgan fingerprint density at radius 2 is 1.57 bits per heavy atom. The summed E-state index contributed by atoms with van der Waals surface area (Å²) >= 11 is 0. The second-order valence-corrected chi connectivity index (χ2v) is 18.6. The standard InChI is InChI=1S/C37H46N4O4Si/c1-26-35(44-24-28-10-8-7-9-11-28)34(36(42)43)40-32(39-26)22-27-18-20-41(21-19-27)33-17-16-31(23-38-33)30-14-12-29(13-15-30)25-45-46(5,6)37(2,3)4/h7-17,23,27H,18-22,24-25H2,1-6H3,(H,42,43). The van der Waals surface area contributed by atoms with Crippen LogP contribution in [0.15, 0.2) is 72.9 Å². The molecule has 0 amide bonds. The summed E-state index contributed by atoms with van der Waals surface area (Å²) in [5.41, 5.74) is 4.85. The number of ether oxygens (including phenoxy) is 1. The number of rotatable bonds is 11. The van der Waals surface area contributed by atoms with Gasteiger partial charge in [0.1, 0.15) is 18.2 Å².